The van der Waals surface area contributed by atoms with Crippen LogP contribution in [0.2, 0.25) is 0 Å². The van der Waals surface area contributed by atoms with Gasteiger partial charge in [0.15, 0.2) is 0 Å². The number of halogens is 2. The van der Waals surface area contributed by atoms with Gasteiger partial charge in [0, 0.05) is 19.5 Å². The smallest absolute Gasteiger partial charge is 0.100 e. The Hall–Kier alpha value is -1.49. The van der Waals surface area contributed by atoms with Crippen LogP contribution in [0.25, 0.3) is 0 Å². The molecule has 0 aliphatic carbocycles. The minimum absolute atomic E-state index is 0. The summed E-state index contributed by atoms with van der Waals surface area (Å²) in [5, 5.41) is 4.19. The molecule has 0 unspecified atom stereocenters. The Bertz CT molecular complexity index is 900. The number of benzene rings is 4. The summed E-state index contributed by atoms with van der Waals surface area (Å²) in [6.07, 6.45) is 0. The average molecular weight is 566 g/mol. The Kier molecular flexibility index (Phi) is 11.6. The van der Waals surface area contributed by atoms with Gasteiger partial charge >= 0.3 is 0 Å². The summed E-state index contributed by atoms with van der Waals surface area (Å²) in [6.45, 7) is 4.32. The summed E-state index contributed by atoms with van der Waals surface area (Å²) in [5.74, 6) is 0.558. The van der Waals surface area contributed by atoms with Gasteiger partial charge in [0.05, 0.1) is 0 Å². The number of rotatable bonds is 5. The molecular weight excluding hydrogens is 539 g/mol. The molecule has 0 radical (unpaired) electrons. The average Bonchev–Trinajstić information content (AvgIpc) is 2.82. The zero-order chi connectivity index (χ0) is 22.1. The molecule has 0 fully saturated rings. The standard InChI is InChI=1S/C18H15P.C10H12Cl2.Ru/c1-4-10-16(11-5-1)19(17-12-6-2-7-13-17)18-14-8-3-9-15-18;1-7(2)8-3-5-9(6-4-8)10(11)12;/h1-15H;3-7,10H,1-2H3;. The molecule has 0 heterocycles. The molecule has 4 aromatic carbocycles. The fourth-order valence-electron chi connectivity index (χ4n) is 3.20. The molecule has 0 saturated carbocycles. The van der Waals surface area contributed by atoms with E-state index in [1.54, 1.807) is 0 Å². The molecule has 0 aliphatic heterocycles. The minimum Gasteiger partial charge on any atom is -0.100 e. The topological polar surface area (TPSA) is 0 Å². The summed E-state index contributed by atoms with van der Waals surface area (Å²) in [5.41, 5.74) is 2.27. The maximum Gasteiger partial charge on any atom is 0.132 e. The fourth-order valence-corrected chi connectivity index (χ4v) is 5.80. The van der Waals surface area contributed by atoms with E-state index >= 15 is 0 Å². The molecule has 0 bridgehead atoms. The molecule has 0 amide bonds. The minimum atomic E-state index is -0.446. The summed E-state index contributed by atoms with van der Waals surface area (Å²) >= 11 is 11.4. The molecule has 4 heteroatoms. The molecular formula is C28H27Cl2PRu. The van der Waals surface area contributed by atoms with E-state index in [1.807, 2.05) is 12.1 Å². The SMILES string of the molecule is CC(C)c1ccc(C(Cl)Cl)cc1.[Ru].c1ccc(P(c2ccccc2)c2ccccc2)cc1. The van der Waals surface area contributed by atoms with Crippen molar-refractivity contribution >= 4 is 47.0 Å². The van der Waals surface area contributed by atoms with Crippen LogP contribution in [0.4, 0.5) is 0 Å². The Morgan fingerprint density at radius 1 is 0.500 bits per heavy atom. The van der Waals surface area contributed by atoms with Crippen molar-refractivity contribution in [2.45, 2.75) is 24.6 Å². The van der Waals surface area contributed by atoms with Crippen molar-refractivity contribution in [2.24, 2.45) is 0 Å². The number of alkyl halides is 2. The van der Waals surface area contributed by atoms with Gasteiger partial charge in [-0.3, -0.25) is 0 Å². The summed E-state index contributed by atoms with van der Waals surface area (Å²) in [7, 11) is -0.446. The van der Waals surface area contributed by atoms with Crippen LogP contribution in [0, 0.1) is 0 Å². The van der Waals surface area contributed by atoms with Gasteiger partial charge in [-0.25, -0.2) is 0 Å². The zero-order valence-electron chi connectivity index (χ0n) is 18.2. The second-order valence-electron chi connectivity index (χ2n) is 7.46. The predicted molar refractivity (Wildman–Crippen MR) is 140 cm³/mol. The van der Waals surface area contributed by atoms with E-state index in [0.29, 0.717) is 5.92 Å². The van der Waals surface area contributed by atoms with Crippen molar-refractivity contribution in [3.63, 3.8) is 0 Å². The van der Waals surface area contributed by atoms with Crippen LogP contribution in [0.1, 0.15) is 35.7 Å². The van der Waals surface area contributed by atoms with Gasteiger partial charge in [0.25, 0.3) is 0 Å². The van der Waals surface area contributed by atoms with E-state index in [2.05, 4.69) is 117 Å². The van der Waals surface area contributed by atoms with Gasteiger partial charge in [0.1, 0.15) is 4.84 Å². The van der Waals surface area contributed by atoms with Crippen molar-refractivity contribution < 1.29 is 19.5 Å². The maximum absolute atomic E-state index is 5.70. The molecule has 4 rings (SSSR count). The Labute approximate surface area is 216 Å². The third-order valence-corrected chi connectivity index (χ3v) is 7.85. The molecule has 4 aromatic rings. The van der Waals surface area contributed by atoms with Crippen LogP contribution in [-0.4, -0.2) is 0 Å². The quantitative estimate of drug-likeness (QED) is 0.132. The first kappa shape index (κ1) is 26.8. The summed E-state index contributed by atoms with van der Waals surface area (Å²) < 4.78 is 0. The van der Waals surface area contributed by atoms with Gasteiger partial charge in [-0.05, 0) is 40.9 Å². The molecule has 0 atom stereocenters. The molecule has 0 saturated heterocycles. The van der Waals surface area contributed by atoms with Crippen LogP contribution in [0.3, 0.4) is 0 Å². The van der Waals surface area contributed by atoms with Crippen LogP contribution < -0.4 is 15.9 Å². The van der Waals surface area contributed by atoms with Gasteiger partial charge in [-0.1, -0.05) is 129 Å². The fraction of sp³-hybridized carbons (Fsp3) is 0.143. The second-order valence-corrected chi connectivity index (χ2v) is 10.8. The van der Waals surface area contributed by atoms with Crippen LogP contribution >= 0.6 is 31.1 Å². The van der Waals surface area contributed by atoms with Crippen molar-refractivity contribution in [1.82, 2.24) is 0 Å². The van der Waals surface area contributed by atoms with Gasteiger partial charge < -0.3 is 0 Å². The normalized spacial score (nSPS) is 10.5. The molecule has 0 nitrogen and oxygen atoms in total. The predicted octanol–water partition coefficient (Wildman–Crippen LogP) is 7.73. The second kappa shape index (κ2) is 13.9. The van der Waals surface area contributed by atoms with Crippen molar-refractivity contribution in [2.75, 3.05) is 0 Å². The van der Waals surface area contributed by atoms with Crippen molar-refractivity contribution in [1.29, 1.82) is 0 Å². The van der Waals surface area contributed by atoms with Gasteiger partial charge in [0.2, 0.25) is 0 Å². The van der Waals surface area contributed by atoms with Gasteiger partial charge in [-0.15, -0.1) is 23.2 Å². The van der Waals surface area contributed by atoms with Crippen LogP contribution in [0.5, 0.6) is 0 Å². The van der Waals surface area contributed by atoms with Crippen molar-refractivity contribution in [3.8, 4) is 0 Å². The summed E-state index contributed by atoms with van der Waals surface area (Å²) in [6, 6.07) is 40.4. The molecule has 0 aromatic heterocycles. The Morgan fingerprint density at radius 2 is 0.812 bits per heavy atom. The first-order valence-electron chi connectivity index (χ1n) is 10.4. The molecule has 0 aliphatic rings. The number of hydrogen-bond donors (Lipinski definition) is 0. The maximum atomic E-state index is 5.70. The number of hydrogen-bond acceptors (Lipinski definition) is 0. The Morgan fingerprint density at radius 3 is 1.09 bits per heavy atom. The third kappa shape index (κ3) is 7.83. The van der Waals surface area contributed by atoms with E-state index in [9.17, 15) is 0 Å². The van der Waals surface area contributed by atoms with Crippen LogP contribution in [0.15, 0.2) is 115 Å². The molecule has 0 spiro atoms. The molecule has 32 heavy (non-hydrogen) atoms. The Balaban J connectivity index is 0.000000244. The van der Waals surface area contributed by atoms with Crippen LogP contribution in [-0.2, 0) is 19.5 Å². The molecule has 0 N–H and O–H groups in total. The third-order valence-electron chi connectivity index (χ3n) is 4.90. The first-order chi connectivity index (χ1) is 15.1. The van der Waals surface area contributed by atoms with E-state index < -0.39 is 12.8 Å². The van der Waals surface area contributed by atoms with Gasteiger partial charge in [-0.2, -0.15) is 0 Å². The largest absolute Gasteiger partial charge is 0.132 e. The van der Waals surface area contributed by atoms with E-state index in [4.69, 9.17) is 23.2 Å². The first-order valence-corrected chi connectivity index (χ1v) is 12.6. The summed E-state index contributed by atoms with van der Waals surface area (Å²) in [4.78, 5) is -0.411. The molecule has 166 valence electrons. The monoisotopic (exact) mass is 566 g/mol. The van der Waals surface area contributed by atoms with Crippen molar-refractivity contribution in [3.05, 3.63) is 126 Å². The van der Waals surface area contributed by atoms with E-state index in [0.717, 1.165) is 5.56 Å². The van der Waals surface area contributed by atoms with E-state index in [-0.39, 0.29) is 19.5 Å². The van der Waals surface area contributed by atoms with E-state index in [1.165, 1.54) is 21.5 Å². The zero-order valence-corrected chi connectivity index (χ0v) is 22.3.